The van der Waals surface area contributed by atoms with Gasteiger partial charge < -0.3 is 15.0 Å². The molecule has 1 aromatic heterocycles. The quantitative estimate of drug-likeness (QED) is 0.650. The second-order valence-corrected chi connectivity index (χ2v) is 3.46. The van der Waals surface area contributed by atoms with Crippen molar-refractivity contribution in [1.29, 1.82) is 0 Å². The van der Waals surface area contributed by atoms with Crippen LogP contribution in [-0.2, 0) is 7.05 Å². The number of imidazole rings is 1. The lowest BCUT2D eigenvalue weighted by molar-refractivity contribution is 0.417. The van der Waals surface area contributed by atoms with Gasteiger partial charge >= 0.3 is 0 Å². The first kappa shape index (κ1) is 11.1. The maximum atomic E-state index is 5.70. The summed E-state index contributed by atoms with van der Waals surface area (Å²) in [5.74, 6) is 1.13. The van der Waals surface area contributed by atoms with Crippen LogP contribution in [0.1, 0.15) is 0 Å². The first-order chi connectivity index (χ1) is 8.20. The van der Waals surface area contributed by atoms with Crippen LogP contribution in [0.2, 0.25) is 0 Å². The standard InChI is InChI=1S/C11H13N5O/c1-16-6-5-13-11(16)15-14-8-3-4-9(12)10(7-8)17-2/h3-7H,12H2,1-2H3. The van der Waals surface area contributed by atoms with E-state index in [9.17, 15) is 0 Å². The van der Waals surface area contributed by atoms with Crippen LogP contribution in [0.4, 0.5) is 17.3 Å². The van der Waals surface area contributed by atoms with Crippen LogP contribution in [0.15, 0.2) is 40.8 Å². The minimum atomic E-state index is 0.542. The fourth-order valence-electron chi connectivity index (χ4n) is 1.32. The number of hydrogen-bond donors (Lipinski definition) is 1. The van der Waals surface area contributed by atoms with Crippen LogP contribution in [0.5, 0.6) is 5.75 Å². The van der Waals surface area contributed by atoms with E-state index in [1.165, 1.54) is 0 Å². The van der Waals surface area contributed by atoms with Crippen molar-refractivity contribution < 1.29 is 4.74 Å². The lowest BCUT2D eigenvalue weighted by Crippen LogP contribution is -1.90. The molecule has 2 N–H and O–H groups in total. The normalized spacial score (nSPS) is 10.9. The maximum absolute atomic E-state index is 5.70. The number of benzene rings is 1. The number of nitrogens with zero attached hydrogens (tertiary/aromatic N) is 4. The monoisotopic (exact) mass is 231 g/mol. The molecule has 0 atom stereocenters. The third-order valence-corrected chi connectivity index (χ3v) is 2.27. The van der Waals surface area contributed by atoms with Gasteiger partial charge in [0.05, 0.1) is 18.5 Å². The number of aryl methyl sites for hydroxylation is 1. The topological polar surface area (TPSA) is 77.8 Å². The molecule has 2 aromatic rings. The zero-order chi connectivity index (χ0) is 12.3. The Morgan fingerprint density at radius 1 is 1.35 bits per heavy atom. The van der Waals surface area contributed by atoms with Crippen molar-refractivity contribution in [3.8, 4) is 5.75 Å². The number of nitrogen functional groups attached to an aromatic ring is 1. The van der Waals surface area contributed by atoms with Gasteiger partial charge in [0, 0.05) is 25.5 Å². The number of methoxy groups -OCH3 is 1. The number of anilines is 1. The van der Waals surface area contributed by atoms with Crippen molar-refractivity contribution >= 4 is 17.3 Å². The fourth-order valence-corrected chi connectivity index (χ4v) is 1.32. The molecule has 1 aromatic carbocycles. The van der Waals surface area contributed by atoms with Crippen LogP contribution in [-0.4, -0.2) is 16.7 Å². The molecule has 2 rings (SSSR count). The minimum Gasteiger partial charge on any atom is -0.495 e. The highest BCUT2D eigenvalue weighted by molar-refractivity contribution is 5.59. The molecule has 0 spiro atoms. The summed E-state index contributed by atoms with van der Waals surface area (Å²) in [5, 5.41) is 8.09. The van der Waals surface area contributed by atoms with E-state index in [1.807, 2.05) is 7.05 Å². The van der Waals surface area contributed by atoms with Crippen LogP contribution in [0, 0.1) is 0 Å². The van der Waals surface area contributed by atoms with E-state index < -0.39 is 0 Å². The molecule has 17 heavy (non-hydrogen) atoms. The third-order valence-electron chi connectivity index (χ3n) is 2.27. The summed E-state index contributed by atoms with van der Waals surface area (Å²) in [5.41, 5.74) is 6.94. The second kappa shape index (κ2) is 4.65. The molecule has 0 bridgehead atoms. The Hall–Kier alpha value is -2.37. The van der Waals surface area contributed by atoms with Crippen molar-refractivity contribution in [2.75, 3.05) is 12.8 Å². The van der Waals surface area contributed by atoms with Crippen LogP contribution in [0.3, 0.4) is 0 Å². The van der Waals surface area contributed by atoms with E-state index >= 15 is 0 Å². The summed E-state index contributed by atoms with van der Waals surface area (Å²) >= 11 is 0. The smallest absolute Gasteiger partial charge is 0.249 e. The molecule has 1 heterocycles. The largest absolute Gasteiger partial charge is 0.495 e. The van der Waals surface area contributed by atoms with Gasteiger partial charge in [-0.25, -0.2) is 4.98 Å². The van der Waals surface area contributed by atoms with E-state index in [-0.39, 0.29) is 0 Å². The van der Waals surface area contributed by atoms with Crippen LogP contribution < -0.4 is 10.5 Å². The number of azo groups is 1. The van der Waals surface area contributed by atoms with Gasteiger partial charge in [0.25, 0.3) is 0 Å². The predicted octanol–water partition coefficient (Wildman–Crippen LogP) is 2.43. The molecule has 0 saturated carbocycles. The number of ether oxygens (including phenoxy) is 1. The van der Waals surface area contributed by atoms with Gasteiger partial charge in [0.1, 0.15) is 5.75 Å². The van der Waals surface area contributed by atoms with Gasteiger partial charge in [-0.15, -0.1) is 10.2 Å². The Bertz CT molecular complexity index is 547. The zero-order valence-electron chi connectivity index (χ0n) is 9.66. The van der Waals surface area contributed by atoms with Crippen LogP contribution >= 0.6 is 0 Å². The average molecular weight is 231 g/mol. The lowest BCUT2D eigenvalue weighted by Gasteiger charge is -2.03. The summed E-state index contributed by atoms with van der Waals surface area (Å²) in [6.07, 6.45) is 3.47. The van der Waals surface area contributed by atoms with Crippen LogP contribution in [0.25, 0.3) is 0 Å². The average Bonchev–Trinajstić information content (AvgIpc) is 2.74. The summed E-state index contributed by atoms with van der Waals surface area (Å²) in [4.78, 5) is 4.04. The summed E-state index contributed by atoms with van der Waals surface area (Å²) in [7, 11) is 3.41. The highest BCUT2D eigenvalue weighted by Crippen LogP contribution is 2.27. The molecule has 0 aliphatic rings. The van der Waals surface area contributed by atoms with Crippen molar-refractivity contribution in [1.82, 2.24) is 9.55 Å². The molecule has 6 nitrogen and oxygen atoms in total. The van der Waals surface area contributed by atoms with E-state index in [2.05, 4.69) is 15.2 Å². The highest BCUT2D eigenvalue weighted by Gasteiger charge is 2.00. The Morgan fingerprint density at radius 2 is 2.18 bits per heavy atom. The molecular weight excluding hydrogens is 218 g/mol. The zero-order valence-corrected chi connectivity index (χ0v) is 9.66. The summed E-state index contributed by atoms with van der Waals surface area (Å²) < 4.78 is 6.87. The Balaban J connectivity index is 2.24. The Morgan fingerprint density at radius 3 is 2.82 bits per heavy atom. The van der Waals surface area contributed by atoms with Gasteiger partial charge in [0.2, 0.25) is 5.95 Å². The minimum absolute atomic E-state index is 0.542. The first-order valence-corrected chi connectivity index (χ1v) is 5.03. The van der Waals surface area contributed by atoms with E-state index in [4.69, 9.17) is 10.5 Å². The lowest BCUT2D eigenvalue weighted by atomic mass is 10.2. The second-order valence-electron chi connectivity index (χ2n) is 3.46. The van der Waals surface area contributed by atoms with Gasteiger partial charge in [-0.2, -0.15) is 0 Å². The Kier molecular flexibility index (Phi) is 3.04. The number of aromatic nitrogens is 2. The number of nitrogens with two attached hydrogens (primary N) is 1. The molecule has 0 saturated heterocycles. The van der Waals surface area contributed by atoms with E-state index in [0.717, 1.165) is 0 Å². The molecule has 0 amide bonds. The van der Waals surface area contributed by atoms with Crippen molar-refractivity contribution in [3.63, 3.8) is 0 Å². The molecule has 0 aliphatic carbocycles. The molecule has 6 heteroatoms. The van der Waals surface area contributed by atoms with Gasteiger partial charge in [-0.1, -0.05) is 0 Å². The highest BCUT2D eigenvalue weighted by atomic mass is 16.5. The number of rotatable bonds is 3. The Labute approximate surface area is 98.8 Å². The van der Waals surface area contributed by atoms with Crippen molar-refractivity contribution in [2.45, 2.75) is 0 Å². The molecule has 0 aliphatic heterocycles. The van der Waals surface area contributed by atoms with Crippen molar-refractivity contribution in [3.05, 3.63) is 30.6 Å². The maximum Gasteiger partial charge on any atom is 0.249 e. The molecule has 0 radical (unpaired) electrons. The van der Waals surface area contributed by atoms with Gasteiger partial charge in [-0.05, 0) is 12.1 Å². The fraction of sp³-hybridized carbons (Fsp3) is 0.182. The van der Waals surface area contributed by atoms with Gasteiger partial charge in [0.15, 0.2) is 0 Å². The van der Waals surface area contributed by atoms with E-state index in [0.29, 0.717) is 23.1 Å². The van der Waals surface area contributed by atoms with Crippen molar-refractivity contribution in [2.24, 2.45) is 17.3 Å². The first-order valence-electron chi connectivity index (χ1n) is 5.03. The third kappa shape index (κ3) is 2.41. The predicted molar refractivity (Wildman–Crippen MR) is 64.8 cm³/mol. The molecule has 88 valence electrons. The van der Waals surface area contributed by atoms with E-state index in [1.54, 1.807) is 42.3 Å². The number of hydrogen-bond acceptors (Lipinski definition) is 5. The summed E-state index contributed by atoms with van der Waals surface area (Å²) in [6, 6.07) is 5.22. The molecular formula is C11H13N5O. The summed E-state index contributed by atoms with van der Waals surface area (Å²) in [6.45, 7) is 0. The molecule has 0 unspecified atom stereocenters. The SMILES string of the molecule is COc1cc(N=Nc2nccn2C)ccc1N. The van der Waals surface area contributed by atoms with Gasteiger partial charge in [-0.3, -0.25) is 0 Å². The molecule has 0 fully saturated rings.